The molecular weight excluding hydrogens is 434 g/mol. The molecule has 0 saturated carbocycles. The van der Waals surface area contributed by atoms with Crippen LogP contribution in [0.25, 0.3) is 11.5 Å². The van der Waals surface area contributed by atoms with E-state index in [-0.39, 0.29) is 16.9 Å². The van der Waals surface area contributed by atoms with Gasteiger partial charge in [-0.15, -0.1) is 21.5 Å². The Labute approximate surface area is 179 Å². The fourth-order valence-corrected chi connectivity index (χ4v) is 5.19. The number of ether oxygens (including phenoxy) is 1. The van der Waals surface area contributed by atoms with Crippen molar-refractivity contribution in [3.8, 4) is 11.5 Å². The highest BCUT2D eigenvalue weighted by atomic mass is 35.5. The number of esters is 1. The van der Waals surface area contributed by atoms with Gasteiger partial charge < -0.3 is 14.5 Å². The second kappa shape index (κ2) is 8.56. The standard InChI is InChI=1S/C19H16ClN3O4S2/c1-26-18(25)15-11-6-4-8-13(11)29-17(15)21-14(24)9-28-19-23-22-16(27-19)10-5-2-3-7-12(10)20/h2-3,5,7H,4,6,8-9H2,1H3,(H,21,24). The van der Waals surface area contributed by atoms with E-state index >= 15 is 0 Å². The number of nitrogens with one attached hydrogen (secondary N) is 1. The summed E-state index contributed by atoms with van der Waals surface area (Å²) in [6.07, 6.45) is 2.76. The van der Waals surface area contributed by atoms with Gasteiger partial charge >= 0.3 is 5.97 Å². The highest BCUT2D eigenvalue weighted by molar-refractivity contribution is 7.99. The molecule has 0 saturated heterocycles. The lowest BCUT2D eigenvalue weighted by molar-refractivity contribution is -0.113. The summed E-state index contributed by atoms with van der Waals surface area (Å²) in [4.78, 5) is 25.7. The van der Waals surface area contributed by atoms with Crippen LogP contribution in [0.1, 0.15) is 27.2 Å². The van der Waals surface area contributed by atoms with Crippen LogP contribution in [0.4, 0.5) is 5.00 Å². The second-order valence-corrected chi connectivity index (χ2v) is 8.68. The number of carbonyl (C=O) groups excluding carboxylic acids is 2. The van der Waals surface area contributed by atoms with Crippen LogP contribution < -0.4 is 5.32 Å². The summed E-state index contributed by atoms with van der Waals surface area (Å²) in [5.41, 5.74) is 2.10. The molecule has 7 nitrogen and oxygen atoms in total. The fraction of sp³-hybridized carbons (Fsp3) is 0.263. The maximum atomic E-state index is 12.4. The van der Waals surface area contributed by atoms with Gasteiger partial charge in [-0.2, -0.15) is 0 Å². The molecule has 2 heterocycles. The number of anilines is 1. The molecule has 0 aliphatic heterocycles. The molecule has 2 aromatic heterocycles. The lowest BCUT2D eigenvalue weighted by Crippen LogP contribution is -2.16. The molecule has 1 aliphatic rings. The molecule has 1 aliphatic carbocycles. The normalized spacial score (nSPS) is 12.6. The van der Waals surface area contributed by atoms with Crippen molar-refractivity contribution in [3.05, 3.63) is 45.3 Å². The van der Waals surface area contributed by atoms with Gasteiger partial charge in [-0.25, -0.2) is 4.79 Å². The molecule has 29 heavy (non-hydrogen) atoms. The third-order valence-electron chi connectivity index (χ3n) is 4.40. The van der Waals surface area contributed by atoms with Crippen molar-refractivity contribution in [2.75, 3.05) is 18.2 Å². The molecular formula is C19H16ClN3O4S2. The smallest absolute Gasteiger partial charge is 0.341 e. The number of carbonyl (C=O) groups is 2. The molecule has 1 amide bonds. The Morgan fingerprint density at radius 2 is 2.14 bits per heavy atom. The molecule has 10 heteroatoms. The van der Waals surface area contributed by atoms with Gasteiger partial charge in [0.05, 0.1) is 29.0 Å². The number of thiophene rings is 1. The van der Waals surface area contributed by atoms with Crippen LogP contribution in [-0.4, -0.2) is 34.9 Å². The van der Waals surface area contributed by atoms with E-state index in [0.717, 1.165) is 41.5 Å². The van der Waals surface area contributed by atoms with Crippen molar-refractivity contribution in [3.63, 3.8) is 0 Å². The Morgan fingerprint density at radius 1 is 1.31 bits per heavy atom. The lowest BCUT2D eigenvalue weighted by Gasteiger charge is -2.06. The van der Waals surface area contributed by atoms with Gasteiger partial charge in [-0.3, -0.25) is 4.79 Å². The molecule has 150 valence electrons. The number of hydrogen-bond donors (Lipinski definition) is 1. The molecule has 1 N–H and O–H groups in total. The fourth-order valence-electron chi connectivity index (χ4n) is 3.11. The van der Waals surface area contributed by atoms with Crippen molar-refractivity contribution in [2.24, 2.45) is 0 Å². The van der Waals surface area contributed by atoms with Gasteiger partial charge in [0.25, 0.3) is 5.22 Å². The van der Waals surface area contributed by atoms with Crippen LogP contribution in [0.2, 0.25) is 5.02 Å². The first kappa shape index (κ1) is 19.9. The largest absolute Gasteiger partial charge is 0.465 e. The van der Waals surface area contributed by atoms with E-state index in [9.17, 15) is 9.59 Å². The van der Waals surface area contributed by atoms with E-state index in [1.165, 1.54) is 18.4 Å². The minimum absolute atomic E-state index is 0.0628. The average Bonchev–Trinajstić information content (AvgIpc) is 3.42. The van der Waals surface area contributed by atoms with Crippen molar-refractivity contribution in [1.29, 1.82) is 0 Å². The minimum Gasteiger partial charge on any atom is -0.465 e. The number of hydrogen-bond acceptors (Lipinski definition) is 8. The quantitative estimate of drug-likeness (QED) is 0.438. The third kappa shape index (κ3) is 4.17. The topological polar surface area (TPSA) is 94.3 Å². The number of aromatic nitrogens is 2. The summed E-state index contributed by atoms with van der Waals surface area (Å²) in [7, 11) is 1.34. The monoisotopic (exact) mass is 449 g/mol. The average molecular weight is 450 g/mol. The predicted molar refractivity (Wildman–Crippen MR) is 112 cm³/mol. The van der Waals surface area contributed by atoms with Crippen molar-refractivity contribution in [1.82, 2.24) is 10.2 Å². The van der Waals surface area contributed by atoms with E-state index in [2.05, 4.69) is 15.5 Å². The van der Waals surface area contributed by atoms with E-state index in [4.69, 9.17) is 20.8 Å². The molecule has 4 rings (SSSR count). The van der Waals surface area contributed by atoms with Crippen LogP contribution in [0.3, 0.4) is 0 Å². The van der Waals surface area contributed by atoms with E-state index in [1.54, 1.807) is 12.1 Å². The number of fused-ring (bicyclic) bond motifs is 1. The van der Waals surface area contributed by atoms with E-state index < -0.39 is 5.97 Å². The summed E-state index contributed by atoms with van der Waals surface area (Å²) in [6.45, 7) is 0. The van der Waals surface area contributed by atoms with Crippen LogP contribution >= 0.6 is 34.7 Å². The van der Waals surface area contributed by atoms with Gasteiger partial charge in [0, 0.05) is 4.88 Å². The molecule has 0 unspecified atom stereocenters. The highest BCUT2D eigenvalue weighted by Gasteiger charge is 2.28. The zero-order chi connectivity index (χ0) is 20.4. The predicted octanol–water partition coefficient (Wildman–Crippen LogP) is 4.46. The Kier molecular flexibility index (Phi) is 5.89. The Balaban J connectivity index is 1.42. The van der Waals surface area contributed by atoms with Gasteiger partial charge in [-0.1, -0.05) is 35.5 Å². The van der Waals surface area contributed by atoms with Crippen molar-refractivity contribution in [2.45, 2.75) is 24.5 Å². The molecule has 1 aromatic carbocycles. The van der Waals surface area contributed by atoms with Crippen molar-refractivity contribution >= 4 is 51.6 Å². The number of aryl methyl sites for hydroxylation is 1. The molecule has 0 radical (unpaired) electrons. The number of rotatable bonds is 6. The molecule has 0 spiro atoms. The Bertz CT molecular complexity index is 1080. The second-order valence-electron chi connectivity index (χ2n) is 6.24. The molecule has 0 fully saturated rings. The third-order valence-corrected chi connectivity index (χ3v) is 6.76. The maximum absolute atomic E-state index is 12.4. The summed E-state index contributed by atoms with van der Waals surface area (Å²) in [5, 5.41) is 12.1. The Hall–Kier alpha value is -2.36. The van der Waals surface area contributed by atoms with Crippen LogP contribution in [-0.2, 0) is 22.4 Å². The maximum Gasteiger partial charge on any atom is 0.341 e. The van der Waals surface area contributed by atoms with Gasteiger partial charge in [-0.05, 0) is 37.0 Å². The first-order valence-corrected chi connectivity index (χ1v) is 11.0. The number of methoxy groups -OCH3 is 1. The van der Waals surface area contributed by atoms with E-state index in [1.807, 2.05) is 12.1 Å². The first-order valence-electron chi connectivity index (χ1n) is 8.80. The van der Waals surface area contributed by atoms with Crippen molar-refractivity contribution < 1.29 is 18.7 Å². The zero-order valence-corrected chi connectivity index (χ0v) is 17.7. The molecule has 0 atom stereocenters. The summed E-state index contributed by atoms with van der Waals surface area (Å²) >= 11 is 8.68. The number of thioether (sulfide) groups is 1. The highest BCUT2D eigenvalue weighted by Crippen LogP contribution is 2.39. The molecule has 3 aromatic rings. The van der Waals surface area contributed by atoms with Gasteiger partial charge in [0.15, 0.2) is 0 Å². The Morgan fingerprint density at radius 3 is 2.93 bits per heavy atom. The lowest BCUT2D eigenvalue weighted by atomic mass is 10.1. The summed E-state index contributed by atoms with van der Waals surface area (Å²) in [5.74, 6) is -0.333. The van der Waals surface area contributed by atoms with Crippen LogP contribution in [0.5, 0.6) is 0 Å². The van der Waals surface area contributed by atoms with Gasteiger partial charge in [0.1, 0.15) is 5.00 Å². The molecule has 0 bridgehead atoms. The minimum atomic E-state index is -0.423. The first-order chi connectivity index (χ1) is 14.1. The number of nitrogens with zero attached hydrogens (tertiary/aromatic N) is 2. The summed E-state index contributed by atoms with van der Waals surface area (Å²) in [6, 6.07) is 7.15. The van der Waals surface area contributed by atoms with Gasteiger partial charge in [0.2, 0.25) is 11.8 Å². The van der Waals surface area contributed by atoms with Crippen LogP contribution in [0, 0.1) is 0 Å². The number of halogens is 1. The van der Waals surface area contributed by atoms with Crippen LogP contribution in [0.15, 0.2) is 33.9 Å². The van der Waals surface area contributed by atoms with E-state index in [0.29, 0.717) is 27.0 Å². The number of amides is 1. The number of benzene rings is 1. The zero-order valence-electron chi connectivity index (χ0n) is 15.4. The SMILES string of the molecule is COC(=O)c1c(NC(=O)CSc2nnc(-c3ccccc3Cl)o2)sc2c1CCC2. The summed E-state index contributed by atoms with van der Waals surface area (Å²) < 4.78 is 10.5.